The summed E-state index contributed by atoms with van der Waals surface area (Å²) in [4.78, 5) is 16.9. The summed E-state index contributed by atoms with van der Waals surface area (Å²) in [6.45, 7) is 7.93. The summed E-state index contributed by atoms with van der Waals surface area (Å²) < 4.78 is 12.5. The van der Waals surface area contributed by atoms with Crippen molar-refractivity contribution in [3.05, 3.63) is 71.2 Å². The minimum atomic E-state index is -1.12. The molecule has 1 aromatic heterocycles. The molecule has 0 bridgehead atoms. The van der Waals surface area contributed by atoms with Crippen LogP contribution in [0.15, 0.2) is 58.0 Å². The standard InChI is InChI=1S/C31H39N4O3P3/c1-18-5-8-22(25(40)13-18)28-27(24-10-6-19(2)38-24)30(3,35(33-28)23-9-7-21(39)14-26(23)41)29(36)32-15-20-16-34(4)31(11-12-31)17-37-20/h5-10,13-14,20,27H,11-12,15-17,39-41H2,1-4H3,(H,32,36). The number of hydrazone groups is 1. The number of carbonyl (C=O) groups is 1. The van der Waals surface area contributed by atoms with Crippen LogP contribution in [-0.2, 0) is 9.53 Å². The summed E-state index contributed by atoms with van der Waals surface area (Å²) in [5.74, 6) is 0.930. The van der Waals surface area contributed by atoms with E-state index in [1.165, 1.54) is 12.8 Å². The second-order valence-corrected chi connectivity index (χ2v) is 13.9. The van der Waals surface area contributed by atoms with Crippen molar-refractivity contribution in [2.45, 2.75) is 56.7 Å². The number of nitrogens with zero attached hydrogens (tertiary/aromatic N) is 3. The molecule has 1 N–H and O–H groups in total. The molecule has 2 aliphatic heterocycles. The molecule has 6 rings (SSSR count). The highest BCUT2D eigenvalue weighted by Gasteiger charge is 2.57. The fraction of sp³-hybridized carbons (Fsp3) is 0.419. The van der Waals surface area contributed by atoms with Crippen molar-refractivity contribution in [1.29, 1.82) is 0 Å². The fourth-order valence-corrected chi connectivity index (χ4v) is 7.60. The SMILES string of the molecule is Cc1ccc(C2=NN(c3ccc(P)cc3P)C(C)(C(=O)NCC3CN(C)C4(CC4)CO3)C2c2ccc(C)o2)c(P)c1. The van der Waals surface area contributed by atoms with Gasteiger partial charge in [0.2, 0.25) is 5.91 Å². The third-order valence-corrected chi connectivity index (χ3v) is 10.2. The summed E-state index contributed by atoms with van der Waals surface area (Å²) in [5, 5.41) is 13.5. The van der Waals surface area contributed by atoms with Gasteiger partial charge in [-0.25, -0.2) is 5.01 Å². The number of likely N-dealkylation sites (N-methyl/N-ethyl adjacent to an activating group) is 1. The Hall–Kier alpha value is -2.13. The van der Waals surface area contributed by atoms with Crippen LogP contribution < -0.4 is 26.2 Å². The molecule has 2 fully saturated rings. The van der Waals surface area contributed by atoms with Crippen LogP contribution >= 0.6 is 27.7 Å². The Morgan fingerprint density at radius 3 is 2.49 bits per heavy atom. The average molecular weight is 609 g/mol. The number of ether oxygens (including phenoxy) is 1. The molecule has 6 unspecified atom stereocenters. The molecule has 0 radical (unpaired) electrons. The summed E-state index contributed by atoms with van der Waals surface area (Å²) in [6, 6.07) is 16.3. The predicted octanol–water partition coefficient (Wildman–Crippen LogP) is 3.14. The quantitative estimate of drug-likeness (QED) is 0.436. The van der Waals surface area contributed by atoms with Crippen molar-refractivity contribution in [1.82, 2.24) is 10.2 Å². The summed E-state index contributed by atoms with van der Waals surface area (Å²) in [5.41, 5.74) is 2.88. The molecule has 3 aromatic rings. The normalized spacial score (nSPS) is 25.4. The van der Waals surface area contributed by atoms with Gasteiger partial charge in [-0.2, -0.15) is 5.10 Å². The van der Waals surface area contributed by atoms with E-state index in [1.807, 2.05) is 43.1 Å². The van der Waals surface area contributed by atoms with Crippen LogP contribution in [0.4, 0.5) is 5.69 Å². The Balaban J connectivity index is 1.42. The smallest absolute Gasteiger partial charge is 0.249 e. The van der Waals surface area contributed by atoms with Crippen molar-refractivity contribution in [2.24, 2.45) is 5.10 Å². The number of hydrogen-bond acceptors (Lipinski definition) is 6. The van der Waals surface area contributed by atoms with Crippen molar-refractivity contribution < 1.29 is 13.9 Å². The Morgan fingerprint density at radius 2 is 1.85 bits per heavy atom. The number of benzene rings is 2. The second kappa shape index (κ2) is 10.9. The van der Waals surface area contributed by atoms with Crippen LogP contribution in [0.5, 0.6) is 0 Å². The van der Waals surface area contributed by atoms with Crippen molar-refractivity contribution >= 4 is 60.9 Å². The highest BCUT2D eigenvalue weighted by molar-refractivity contribution is 7.29. The van der Waals surface area contributed by atoms with Gasteiger partial charge in [-0.3, -0.25) is 9.69 Å². The summed E-state index contributed by atoms with van der Waals surface area (Å²) in [7, 11) is 10.6. The number of anilines is 1. The zero-order valence-electron chi connectivity index (χ0n) is 24.1. The molecule has 1 amide bonds. The van der Waals surface area contributed by atoms with E-state index in [4.69, 9.17) is 14.3 Å². The van der Waals surface area contributed by atoms with Gasteiger partial charge in [0.05, 0.1) is 30.0 Å². The number of amides is 1. The molecule has 10 heteroatoms. The van der Waals surface area contributed by atoms with Crippen LogP contribution in [0.3, 0.4) is 0 Å². The lowest BCUT2D eigenvalue weighted by atomic mass is 9.78. The third-order valence-electron chi connectivity index (χ3n) is 8.94. The number of hydrogen-bond donors (Lipinski definition) is 1. The molecule has 1 spiro atoms. The van der Waals surface area contributed by atoms with Gasteiger partial charge in [-0.05, 0) is 80.8 Å². The number of furan rings is 1. The van der Waals surface area contributed by atoms with Gasteiger partial charge in [-0.1, -0.05) is 29.8 Å². The summed E-state index contributed by atoms with van der Waals surface area (Å²) in [6.07, 6.45) is 2.30. The molecule has 1 saturated carbocycles. The number of carbonyl (C=O) groups excluding carboxylic acids is 1. The van der Waals surface area contributed by atoms with Crippen molar-refractivity contribution in [3.63, 3.8) is 0 Å². The highest BCUT2D eigenvalue weighted by Crippen LogP contribution is 2.46. The van der Waals surface area contributed by atoms with E-state index >= 15 is 0 Å². The number of rotatable bonds is 6. The number of aryl methyl sites for hydroxylation is 2. The first-order valence-electron chi connectivity index (χ1n) is 14.1. The second-order valence-electron chi connectivity index (χ2n) is 12.0. The molecule has 1 saturated heterocycles. The highest BCUT2D eigenvalue weighted by atomic mass is 31.0. The van der Waals surface area contributed by atoms with Crippen molar-refractivity contribution in [2.75, 3.05) is 31.8 Å². The van der Waals surface area contributed by atoms with Crippen molar-refractivity contribution in [3.8, 4) is 0 Å². The Morgan fingerprint density at radius 1 is 1.07 bits per heavy atom. The van der Waals surface area contributed by atoms with E-state index in [-0.39, 0.29) is 17.6 Å². The Bertz CT molecular complexity index is 1530. The maximum atomic E-state index is 14.5. The minimum absolute atomic E-state index is 0.0669. The van der Waals surface area contributed by atoms with Gasteiger partial charge >= 0.3 is 0 Å². The van der Waals surface area contributed by atoms with Crippen LogP contribution in [0.1, 0.15) is 48.3 Å². The Labute approximate surface area is 249 Å². The third kappa shape index (κ3) is 5.19. The lowest BCUT2D eigenvalue weighted by Gasteiger charge is -2.40. The first kappa shape index (κ1) is 29.0. The van der Waals surface area contributed by atoms with E-state index in [0.717, 1.165) is 57.4 Å². The molecular weight excluding hydrogens is 569 g/mol. The molecule has 3 heterocycles. The first-order chi connectivity index (χ1) is 19.5. The molecule has 3 aliphatic rings. The molecular formula is C31H39N4O3P3. The van der Waals surface area contributed by atoms with Gasteiger partial charge < -0.3 is 14.5 Å². The van der Waals surface area contributed by atoms with Gasteiger partial charge in [0.15, 0.2) is 5.54 Å². The molecule has 216 valence electrons. The molecule has 2 aromatic carbocycles. The lowest BCUT2D eigenvalue weighted by Crippen LogP contribution is -2.59. The van der Waals surface area contributed by atoms with Gasteiger partial charge in [0, 0.05) is 24.2 Å². The molecule has 1 aliphatic carbocycles. The number of morpholine rings is 1. The maximum absolute atomic E-state index is 14.5. The lowest BCUT2D eigenvalue weighted by molar-refractivity contribution is -0.127. The molecule has 6 atom stereocenters. The van der Waals surface area contributed by atoms with E-state index in [2.05, 4.69) is 76.2 Å². The fourth-order valence-electron chi connectivity index (χ4n) is 6.21. The van der Waals surface area contributed by atoms with Gasteiger partial charge in [0.25, 0.3) is 0 Å². The van der Waals surface area contributed by atoms with E-state index in [0.29, 0.717) is 12.3 Å². The number of nitrogens with one attached hydrogen (secondary N) is 1. The maximum Gasteiger partial charge on any atom is 0.249 e. The monoisotopic (exact) mass is 608 g/mol. The van der Waals surface area contributed by atoms with Crippen LogP contribution in [0.25, 0.3) is 0 Å². The molecule has 7 nitrogen and oxygen atoms in total. The topological polar surface area (TPSA) is 70.3 Å². The predicted molar refractivity (Wildman–Crippen MR) is 177 cm³/mol. The zero-order chi connectivity index (χ0) is 29.1. The zero-order valence-corrected chi connectivity index (χ0v) is 27.6. The average Bonchev–Trinajstić information content (AvgIpc) is 3.48. The summed E-state index contributed by atoms with van der Waals surface area (Å²) >= 11 is 0. The minimum Gasteiger partial charge on any atom is -0.466 e. The van der Waals surface area contributed by atoms with E-state index < -0.39 is 11.5 Å². The largest absolute Gasteiger partial charge is 0.466 e. The van der Waals surface area contributed by atoms with Gasteiger partial charge in [0.1, 0.15) is 11.5 Å². The van der Waals surface area contributed by atoms with Crippen LogP contribution in [-0.4, -0.2) is 60.4 Å². The van der Waals surface area contributed by atoms with Crippen LogP contribution in [0, 0.1) is 13.8 Å². The van der Waals surface area contributed by atoms with E-state index in [9.17, 15) is 4.79 Å². The van der Waals surface area contributed by atoms with Crippen LogP contribution in [0.2, 0.25) is 0 Å². The first-order valence-corrected chi connectivity index (χ1v) is 15.8. The van der Waals surface area contributed by atoms with Gasteiger partial charge in [-0.15, -0.1) is 27.7 Å². The van der Waals surface area contributed by atoms with E-state index in [1.54, 1.807) is 0 Å². The Kier molecular flexibility index (Phi) is 7.67. The molecule has 41 heavy (non-hydrogen) atoms.